The summed E-state index contributed by atoms with van der Waals surface area (Å²) in [7, 11) is 0. The van der Waals surface area contributed by atoms with Gasteiger partial charge in [0.1, 0.15) is 5.82 Å². The molecule has 5 rings (SSSR count). The third kappa shape index (κ3) is 4.21. The highest BCUT2D eigenvalue weighted by molar-refractivity contribution is 6.33. The number of hydrogen-bond acceptors (Lipinski definition) is 5. The maximum Gasteiger partial charge on any atom is 0.261 e. The van der Waals surface area contributed by atoms with Crippen molar-refractivity contribution in [2.45, 2.75) is 45.1 Å². The number of nitrogens with one attached hydrogen (secondary N) is 1. The lowest BCUT2D eigenvalue weighted by Crippen LogP contribution is -2.31. The number of nitrogens with zero attached hydrogens (tertiary/aromatic N) is 4. The molecule has 3 aromatic rings. The van der Waals surface area contributed by atoms with E-state index in [0.717, 1.165) is 43.6 Å². The second kappa shape index (κ2) is 9.38. The van der Waals surface area contributed by atoms with Gasteiger partial charge in [0.2, 0.25) is 5.91 Å². The van der Waals surface area contributed by atoms with Crippen molar-refractivity contribution in [1.29, 1.82) is 0 Å². The number of carbonyl (C=O) groups excluding carboxylic acids is 3. The summed E-state index contributed by atoms with van der Waals surface area (Å²) >= 11 is 6.47. The van der Waals surface area contributed by atoms with Crippen molar-refractivity contribution in [3.63, 3.8) is 0 Å². The molecule has 0 saturated heterocycles. The number of aryl methyl sites for hydroxylation is 1. The second-order valence-electron chi connectivity index (χ2n) is 8.56. The van der Waals surface area contributed by atoms with E-state index < -0.39 is 0 Å². The van der Waals surface area contributed by atoms with Crippen molar-refractivity contribution in [2.75, 3.05) is 11.9 Å². The zero-order valence-corrected chi connectivity index (χ0v) is 19.3. The number of halogens is 1. The van der Waals surface area contributed by atoms with Crippen LogP contribution in [0.4, 0.5) is 5.69 Å². The van der Waals surface area contributed by atoms with E-state index in [1.54, 1.807) is 36.4 Å². The fourth-order valence-electron chi connectivity index (χ4n) is 4.52. The predicted molar refractivity (Wildman–Crippen MR) is 128 cm³/mol. The molecule has 2 aromatic carbocycles. The second-order valence-corrected chi connectivity index (χ2v) is 8.96. The molecule has 8 nitrogen and oxygen atoms in total. The molecule has 0 radical (unpaired) electrons. The van der Waals surface area contributed by atoms with Gasteiger partial charge in [0.05, 0.1) is 16.1 Å². The Hall–Kier alpha value is -3.52. The highest BCUT2D eigenvalue weighted by Crippen LogP contribution is 2.31. The van der Waals surface area contributed by atoms with Gasteiger partial charge in [-0.3, -0.25) is 19.3 Å². The van der Waals surface area contributed by atoms with Gasteiger partial charge in [0, 0.05) is 37.2 Å². The molecule has 174 valence electrons. The van der Waals surface area contributed by atoms with Crippen LogP contribution in [-0.4, -0.2) is 43.9 Å². The molecule has 2 aliphatic rings. The minimum absolute atomic E-state index is 0.172. The Morgan fingerprint density at radius 1 is 0.971 bits per heavy atom. The van der Waals surface area contributed by atoms with E-state index in [1.807, 2.05) is 6.07 Å². The van der Waals surface area contributed by atoms with Crippen LogP contribution < -0.4 is 5.32 Å². The van der Waals surface area contributed by atoms with Gasteiger partial charge >= 0.3 is 0 Å². The van der Waals surface area contributed by atoms with Crippen molar-refractivity contribution in [1.82, 2.24) is 19.7 Å². The van der Waals surface area contributed by atoms with Gasteiger partial charge < -0.3 is 9.88 Å². The van der Waals surface area contributed by atoms with E-state index >= 15 is 0 Å². The van der Waals surface area contributed by atoms with E-state index in [4.69, 9.17) is 11.6 Å². The molecule has 0 unspecified atom stereocenters. The topological polar surface area (TPSA) is 97.2 Å². The molecule has 34 heavy (non-hydrogen) atoms. The van der Waals surface area contributed by atoms with Crippen LogP contribution in [0.5, 0.6) is 0 Å². The van der Waals surface area contributed by atoms with Crippen molar-refractivity contribution in [3.05, 3.63) is 64.4 Å². The maximum absolute atomic E-state index is 12.6. The first kappa shape index (κ1) is 22.3. The Morgan fingerprint density at radius 2 is 1.74 bits per heavy atom. The molecular formula is C25H24ClN5O3. The normalized spacial score (nSPS) is 15.1. The molecule has 0 atom stereocenters. The van der Waals surface area contributed by atoms with Gasteiger partial charge in [-0.05, 0) is 49.6 Å². The molecule has 2 aliphatic heterocycles. The average molecular weight is 478 g/mol. The lowest BCUT2D eigenvalue weighted by atomic mass is 10.1. The molecule has 9 heteroatoms. The van der Waals surface area contributed by atoms with E-state index in [9.17, 15) is 14.4 Å². The number of hydrogen-bond donors (Lipinski definition) is 1. The lowest BCUT2D eigenvalue weighted by Gasteiger charge is -2.14. The van der Waals surface area contributed by atoms with Crippen LogP contribution in [0.2, 0.25) is 5.02 Å². The number of fused-ring (bicyclic) bond motifs is 2. The molecule has 3 heterocycles. The Balaban J connectivity index is 1.22. The quantitative estimate of drug-likeness (QED) is 0.532. The zero-order valence-electron chi connectivity index (χ0n) is 18.6. The number of imide groups is 1. The van der Waals surface area contributed by atoms with Crippen molar-refractivity contribution in [2.24, 2.45) is 0 Å². The van der Waals surface area contributed by atoms with E-state index in [2.05, 4.69) is 20.1 Å². The molecule has 3 amide bonds. The number of amides is 3. The highest BCUT2D eigenvalue weighted by atomic mass is 35.5. The maximum atomic E-state index is 12.6. The van der Waals surface area contributed by atoms with Gasteiger partial charge in [0.15, 0.2) is 5.82 Å². The first-order chi connectivity index (χ1) is 16.5. The van der Waals surface area contributed by atoms with Gasteiger partial charge in [-0.25, -0.2) is 0 Å². The molecule has 1 N–H and O–H groups in total. The Kier molecular flexibility index (Phi) is 6.15. The first-order valence-corrected chi connectivity index (χ1v) is 11.9. The average Bonchev–Trinajstić information content (AvgIpc) is 3.23. The summed E-state index contributed by atoms with van der Waals surface area (Å²) in [4.78, 5) is 38.7. The molecule has 0 aliphatic carbocycles. The smallest absolute Gasteiger partial charge is 0.261 e. The summed E-state index contributed by atoms with van der Waals surface area (Å²) in [5, 5.41) is 12.1. The van der Waals surface area contributed by atoms with Crippen LogP contribution in [0.3, 0.4) is 0 Å². The Bertz CT molecular complexity index is 1250. The number of aromatic nitrogens is 3. The Labute approximate surface area is 201 Å². The minimum atomic E-state index is -0.309. The summed E-state index contributed by atoms with van der Waals surface area (Å²) in [6.45, 7) is 1.04. The van der Waals surface area contributed by atoms with E-state index in [1.165, 1.54) is 4.90 Å². The monoisotopic (exact) mass is 477 g/mol. The molecule has 0 bridgehead atoms. The zero-order chi connectivity index (χ0) is 23.7. The minimum Gasteiger partial charge on any atom is -0.326 e. The van der Waals surface area contributed by atoms with Crippen LogP contribution in [0.15, 0.2) is 42.5 Å². The van der Waals surface area contributed by atoms with Crippen LogP contribution in [0.25, 0.3) is 11.4 Å². The molecule has 1 aromatic heterocycles. The number of anilines is 1. The van der Waals surface area contributed by atoms with Crippen LogP contribution in [0, 0.1) is 0 Å². The van der Waals surface area contributed by atoms with Gasteiger partial charge in [-0.1, -0.05) is 30.2 Å². The largest absolute Gasteiger partial charge is 0.326 e. The predicted octanol–water partition coefficient (Wildman–Crippen LogP) is 4.34. The highest BCUT2D eigenvalue weighted by Gasteiger charge is 2.34. The third-order valence-electron chi connectivity index (χ3n) is 6.26. The number of benzene rings is 2. The van der Waals surface area contributed by atoms with E-state index in [-0.39, 0.29) is 30.7 Å². The van der Waals surface area contributed by atoms with Crippen molar-refractivity contribution < 1.29 is 14.4 Å². The molecule has 0 saturated carbocycles. The first-order valence-electron chi connectivity index (χ1n) is 11.5. The van der Waals surface area contributed by atoms with Crippen LogP contribution >= 0.6 is 11.6 Å². The van der Waals surface area contributed by atoms with Gasteiger partial charge in [-0.2, -0.15) is 0 Å². The molecule has 0 spiro atoms. The SMILES string of the molecule is O=C(CCCN1C(=O)c2ccccc2C1=O)Nc1ccc(Cl)c(-c2nnc3n2CCCCC3)c1. The fraction of sp³-hybridized carbons (Fsp3) is 0.320. The molecule has 0 fully saturated rings. The summed E-state index contributed by atoms with van der Waals surface area (Å²) < 4.78 is 2.11. The summed E-state index contributed by atoms with van der Waals surface area (Å²) in [5.41, 5.74) is 2.16. The summed E-state index contributed by atoms with van der Waals surface area (Å²) in [5.74, 6) is 0.853. The van der Waals surface area contributed by atoms with E-state index in [0.29, 0.717) is 34.1 Å². The summed E-state index contributed by atoms with van der Waals surface area (Å²) in [6.07, 6.45) is 4.77. The fourth-order valence-corrected chi connectivity index (χ4v) is 4.72. The lowest BCUT2D eigenvalue weighted by molar-refractivity contribution is -0.116. The molecular weight excluding hydrogens is 454 g/mol. The van der Waals surface area contributed by atoms with Crippen molar-refractivity contribution >= 4 is 35.0 Å². The van der Waals surface area contributed by atoms with Crippen LogP contribution in [0.1, 0.15) is 58.6 Å². The van der Waals surface area contributed by atoms with Gasteiger partial charge in [0.25, 0.3) is 11.8 Å². The summed E-state index contributed by atoms with van der Waals surface area (Å²) in [6, 6.07) is 12.1. The standard InChI is InChI=1S/C25H24ClN5O3/c26-20-12-11-16(15-19(20)23-29-28-21-9-2-1-5-13-30(21)23)27-22(32)10-6-14-31-24(33)17-7-3-4-8-18(17)25(31)34/h3-4,7-8,11-12,15H,1-2,5-6,9-10,13-14H2,(H,27,32). The number of rotatable bonds is 6. The Morgan fingerprint density at radius 3 is 2.50 bits per heavy atom. The number of carbonyl (C=O) groups is 3. The third-order valence-corrected chi connectivity index (χ3v) is 6.59. The van der Waals surface area contributed by atoms with Crippen molar-refractivity contribution in [3.8, 4) is 11.4 Å². The van der Waals surface area contributed by atoms with Crippen LogP contribution in [-0.2, 0) is 17.8 Å². The van der Waals surface area contributed by atoms with Gasteiger partial charge in [-0.15, -0.1) is 10.2 Å².